The van der Waals surface area contributed by atoms with Crippen LogP contribution in [0.1, 0.15) is 219 Å². The molecule has 1 heterocycles. The van der Waals surface area contributed by atoms with Crippen molar-refractivity contribution in [2.75, 3.05) is 26.3 Å². The van der Waals surface area contributed by atoms with Crippen LogP contribution in [0.3, 0.4) is 0 Å². The summed E-state index contributed by atoms with van der Waals surface area (Å²) in [6, 6.07) is 0. The number of hydrogen-bond acceptors (Lipinski definition) is 7. The van der Waals surface area contributed by atoms with Crippen molar-refractivity contribution in [3.8, 4) is 0 Å². The highest BCUT2D eigenvalue weighted by Crippen LogP contribution is 2.19. The Balaban J connectivity index is 2.14. The lowest BCUT2D eigenvalue weighted by atomic mass is 9.92. The maximum absolute atomic E-state index is 12.3. The van der Waals surface area contributed by atoms with Gasteiger partial charge >= 0.3 is 11.9 Å². The van der Waals surface area contributed by atoms with E-state index in [9.17, 15) is 14.7 Å². The van der Waals surface area contributed by atoms with E-state index in [0.717, 1.165) is 122 Å². The van der Waals surface area contributed by atoms with Crippen LogP contribution in [0.15, 0.2) is 67.3 Å². The first-order valence-corrected chi connectivity index (χ1v) is 25.8. The maximum atomic E-state index is 12.3. The molecule has 8 heteroatoms. The maximum Gasteiger partial charge on any atom is 0.305 e. The van der Waals surface area contributed by atoms with Gasteiger partial charge in [-0.15, -0.1) is 0 Å². The van der Waals surface area contributed by atoms with Gasteiger partial charge < -0.3 is 24.5 Å². The summed E-state index contributed by atoms with van der Waals surface area (Å²) in [6.07, 6.45) is 57.4. The molecule has 0 aliphatic carbocycles. The van der Waals surface area contributed by atoms with Crippen molar-refractivity contribution in [2.45, 2.75) is 232 Å². The molecule has 356 valence electrons. The standard InChI is InChI=1S/C54H95N3O5/c1-3-5-7-9-11-13-15-17-19-21-23-25-27-29-33-41-53(59)61-47-36-31-32-40-52(58)51(49-55-43-38-45-57-46-44-56-50-57)39-35-37-48-62-54(60)42-34-30-28-26-24-22-20-18-16-14-12-10-8-6-4-2/h11-14,17-20,44,46,50-52,55,58H,3-10,15-16,21-43,45,47-49H2,1-2H3/b13-11-,14-12-,19-17-,20-18-. The van der Waals surface area contributed by atoms with E-state index in [-0.39, 0.29) is 17.9 Å². The van der Waals surface area contributed by atoms with Gasteiger partial charge in [-0.3, -0.25) is 9.59 Å². The number of aromatic nitrogens is 2. The largest absolute Gasteiger partial charge is 0.466 e. The van der Waals surface area contributed by atoms with E-state index in [0.29, 0.717) is 26.1 Å². The number of aliphatic hydroxyl groups excluding tert-OH is 1. The first-order valence-electron chi connectivity index (χ1n) is 25.8. The van der Waals surface area contributed by atoms with Crippen LogP contribution in [0.4, 0.5) is 0 Å². The monoisotopic (exact) mass is 866 g/mol. The number of carbonyl (C=O) groups is 2. The number of unbranched alkanes of at least 4 members (excludes halogenated alkanes) is 19. The SMILES string of the molecule is CCCCC/C=C\C/C=C\CCCCCCCC(=O)OCCCCCC(O)C(CCCCOC(=O)CCCCCCC/C=C\C/C=C\CCCCC)CNCCCn1ccnc1. The zero-order valence-corrected chi connectivity index (χ0v) is 40.1. The summed E-state index contributed by atoms with van der Waals surface area (Å²) in [5.41, 5.74) is 0. The van der Waals surface area contributed by atoms with E-state index < -0.39 is 6.10 Å². The number of aryl methyl sites for hydroxylation is 1. The number of esters is 2. The summed E-state index contributed by atoms with van der Waals surface area (Å²) < 4.78 is 13.2. The second-order valence-corrected chi connectivity index (χ2v) is 17.4. The number of nitrogens with one attached hydrogen (secondary N) is 1. The molecule has 2 unspecified atom stereocenters. The predicted octanol–water partition coefficient (Wildman–Crippen LogP) is 14.3. The molecule has 0 aliphatic rings. The van der Waals surface area contributed by atoms with Crippen molar-refractivity contribution in [3.05, 3.63) is 67.3 Å². The van der Waals surface area contributed by atoms with Gasteiger partial charge in [0, 0.05) is 38.3 Å². The second kappa shape index (κ2) is 46.0. The average molecular weight is 866 g/mol. The summed E-state index contributed by atoms with van der Waals surface area (Å²) in [6.45, 7) is 7.97. The Morgan fingerprint density at radius 1 is 0.581 bits per heavy atom. The third-order valence-corrected chi connectivity index (χ3v) is 11.6. The zero-order valence-electron chi connectivity index (χ0n) is 40.1. The Morgan fingerprint density at radius 2 is 1.05 bits per heavy atom. The van der Waals surface area contributed by atoms with Crippen LogP contribution < -0.4 is 5.32 Å². The minimum absolute atomic E-state index is 0.0814. The third kappa shape index (κ3) is 39.8. The number of allylic oxidation sites excluding steroid dienone is 8. The first kappa shape index (κ1) is 57.0. The van der Waals surface area contributed by atoms with Crippen LogP contribution in [0.25, 0.3) is 0 Å². The molecule has 1 aromatic heterocycles. The van der Waals surface area contributed by atoms with Gasteiger partial charge in [0.05, 0.1) is 25.6 Å². The lowest BCUT2D eigenvalue weighted by molar-refractivity contribution is -0.144. The summed E-state index contributed by atoms with van der Waals surface area (Å²) >= 11 is 0. The van der Waals surface area contributed by atoms with Crippen molar-refractivity contribution in [2.24, 2.45) is 5.92 Å². The van der Waals surface area contributed by atoms with Crippen LogP contribution >= 0.6 is 0 Å². The van der Waals surface area contributed by atoms with Gasteiger partial charge in [0.25, 0.3) is 0 Å². The van der Waals surface area contributed by atoms with Crippen molar-refractivity contribution in [1.29, 1.82) is 0 Å². The summed E-state index contributed by atoms with van der Waals surface area (Å²) in [7, 11) is 0. The number of imidazole rings is 1. The Labute approximate surface area is 381 Å². The summed E-state index contributed by atoms with van der Waals surface area (Å²) in [5, 5.41) is 14.8. The molecule has 2 N–H and O–H groups in total. The van der Waals surface area contributed by atoms with Crippen LogP contribution in [0.5, 0.6) is 0 Å². The number of hydrogen-bond donors (Lipinski definition) is 2. The van der Waals surface area contributed by atoms with Crippen LogP contribution in [0, 0.1) is 5.92 Å². The van der Waals surface area contributed by atoms with Crippen molar-refractivity contribution < 1.29 is 24.2 Å². The first-order chi connectivity index (χ1) is 30.6. The van der Waals surface area contributed by atoms with Gasteiger partial charge in [-0.05, 0) is 134 Å². The molecular formula is C54H95N3O5. The molecule has 0 bridgehead atoms. The molecule has 0 amide bonds. The highest BCUT2D eigenvalue weighted by atomic mass is 16.5. The smallest absolute Gasteiger partial charge is 0.305 e. The highest BCUT2D eigenvalue weighted by molar-refractivity contribution is 5.69. The normalized spacial score (nSPS) is 13.0. The Kier molecular flexibility index (Phi) is 42.4. The number of carbonyl (C=O) groups excluding carboxylic acids is 2. The summed E-state index contributed by atoms with van der Waals surface area (Å²) in [4.78, 5) is 28.7. The van der Waals surface area contributed by atoms with Gasteiger partial charge in [-0.25, -0.2) is 4.98 Å². The molecule has 1 aromatic rings. The number of ether oxygens (including phenoxy) is 2. The van der Waals surface area contributed by atoms with Crippen LogP contribution in [0.2, 0.25) is 0 Å². The van der Waals surface area contributed by atoms with E-state index in [2.05, 4.69) is 77.3 Å². The number of rotatable bonds is 46. The minimum atomic E-state index is -0.391. The topological polar surface area (TPSA) is 103 Å². The second-order valence-electron chi connectivity index (χ2n) is 17.4. The van der Waals surface area contributed by atoms with E-state index in [4.69, 9.17) is 9.47 Å². The van der Waals surface area contributed by atoms with Gasteiger partial charge in [0.1, 0.15) is 0 Å². The van der Waals surface area contributed by atoms with Gasteiger partial charge in [0.2, 0.25) is 0 Å². The Bertz CT molecular complexity index is 1230. The van der Waals surface area contributed by atoms with E-state index in [1.54, 1.807) is 6.20 Å². The molecule has 0 saturated heterocycles. The van der Waals surface area contributed by atoms with Crippen molar-refractivity contribution in [3.63, 3.8) is 0 Å². The van der Waals surface area contributed by atoms with Crippen LogP contribution in [-0.4, -0.2) is 59.0 Å². The Morgan fingerprint density at radius 3 is 1.56 bits per heavy atom. The van der Waals surface area contributed by atoms with Crippen molar-refractivity contribution >= 4 is 11.9 Å². The molecule has 62 heavy (non-hydrogen) atoms. The predicted molar refractivity (Wildman–Crippen MR) is 262 cm³/mol. The molecule has 0 spiro atoms. The Hall–Kier alpha value is -2.97. The molecule has 0 radical (unpaired) electrons. The molecule has 0 saturated carbocycles. The van der Waals surface area contributed by atoms with E-state index in [1.807, 2.05) is 12.5 Å². The van der Waals surface area contributed by atoms with E-state index >= 15 is 0 Å². The molecule has 8 nitrogen and oxygen atoms in total. The minimum Gasteiger partial charge on any atom is -0.466 e. The average Bonchev–Trinajstić information content (AvgIpc) is 3.80. The molecule has 0 aromatic carbocycles. The molecular weight excluding hydrogens is 771 g/mol. The fraction of sp³-hybridized carbons (Fsp3) is 0.759. The number of aliphatic hydroxyl groups is 1. The molecule has 0 fully saturated rings. The van der Waals surface area contributed by atoms with Crippen molar-refractivity contribution in [1.82, 2.24) is 14.9 Å². The van der Waals surface area contributed by atoms with Gasteiger partial charge in [0.15, 0.2) is 0 Å². The van der Waals surface area contributed by atoms with E-state index in [1.165, 1.54) is 89.9 Å². The molecule has 2 atom stereocenters. The van der Waals surface area contributed by atoms with Gasteiger partial charge in [-0.2, -0.15) is 0 Å². The summed E-state index contributed by atoms with van der Waals surface area (Å²) in [5.74, 6) is -0.0191. The molecule has 0 aliphatic heterocycles. The zero-order chi connectivity index (χ0) is 44.7. The molecule has 1 rings (SSSR count). The lowest BCUT2D eigenvalue weighted by Crippen LogP contribution is -2.32. The van der Waals surface area contributed by atoms with Crippen LogP contribution in [-0.2, 0) is 25.6 Å². The highest BCUT2D eigenvalue weighted by Gasteiger charge is 2.18. The van der Waals surface area contributed by atoms with Gasteiger partial charge in [-0.1, -0.05) is 133 Å². The lowest BCUT2D eigenvalue weighted by Gasteiger charge is -2.24. The number of nitrogens with zero attached hydrogens (tertiary/aromatic N) is 2. The third-order valence-electron chi connectivity index (χ3n) is 11.6. The fourth-order valence-electron chi connectivity index (χ4n) is 7.58. The quantitative estimate of drug-likeness (QED) is 0.0382. The fourth-order valence-corrected chi connectivity index (χ4v) is 7.58.